The van der Waals surface area contributed by atoms with Gasteiger partial charge < -0.3 is 20.1 Å². The third-order valence-corrected chi connectivity index (χ3v) is 3.28. The molecule has 1 saturated heterocycles. The number of aromatic amines is 1. The number of hydrogen-bond acceptors (Lipinski definition) is 6. The first-order valence-corrected chi connectivity index (χ1v) is 5.66. The molecule has 9 heteroatoms. The van der Waals surface area contributed by atoms with Crippen LogP contribution < -0.4 is 5.56 Å². The SMILES string of the molecule is [2H]C([2H])(O)[C@H]1O[C@@H](n2cc(F)c(=O)[nH]c2=S)C(C)(O)[C@H]1O. The Morgan fingerprint density at radius 2 is 2.42 bits per heavy atom. The molecule has 1 unspecified atom stereocenters. The Bertz CT molecular complexity index is 671. The van der Waals surface area contributed by atoms with Gasteiger partial charge >= 0.3 is 0 Å². The van der Waals surface area contributed by atoms with Gasteiger partial charge in [-0.2, -0.15) is 4.39 Å². The van der Waals surface area contributed by atoms with Gasteiger partial charge in [0, 0.05) is 0 Å². The number of rotatable bonds is 2. The zero-order valence-electron chi connectivity index (χ0n) is 11.7. The third kappa shape index (κ3) is 2.23. The highest BCUT2D eigenvalue weighted by atomic mass is 32.1. The molecule has 0 spiro atoms. The molecule has 19 heavy (non-hydrogen) atoms. The van der Waals surface area contributed by atoms with Crippen molar-refractivity contribution in [1.82, 2.24) is 9.55 Å². The lowest BCUT2D eigenvalue weighted by atomic mass is 9.96. The quantitative estimate of drug-likeness (QED) is 0.524. The van der Waals surface area contributed by atoms with Crippen LogP contribution in [0.4, 0.5) is 4.39 Å². The van der Waals surface area contributed by atoms with Crippen LogP contribution in [0.15, 0.2) is 11.0 Å². The number of H-pyrrole nitrogens is 1. The molecule has 0 bridgehead atoms. The van der Waals surface area contributed by atoms with Crippen molar-refractivity contribution in [3.63, 3.8) is 0 Å². The van der Waals surface area contributed by atoms with E-state index in [9.17, 15) is 24.5 Å². The molecule has 1 aliphatic heterocycles. The Morgan fingerprint density at radius 3 is 2.95 bits per heavy atom. The molecule has 1 aromatic rings. The van der Waals surface area contributed by atoms with Gasteiger partial charge in [-0.05, 0) is 19.1 Å². The Balaban J connectivity index is 2.53. The standard InChI is InChI=1S/C10H13FN2O5S/c1-10(17)6(15)5(3-14)18-8(10)13-2-4(11)7(16)12-9(13)19/h2,5-6,8,14-15,17H,3H2,1H3,(H,12,16,19)/t5-,6+,8-,10?/m1/s1/i3D2. The molecule has 1 aliphatic rings. The number of aliphatic hydroxyl groups excluding tert-OH is 1. The zero-order valence-corrected chi connectivity index (χ0v) is 10.5. The molecule has 0 aromatic carbocycles. The summed E-state index contributed by atoms with van der Waals surface area (Å²) in [6.07, 6.45) is -4.42. The summed E-state index contributed by atoms with van der Waals surface area (Å²) in [7, 11) is 0. The van der Waals surface area contributed by atoms with Gasteiger partial charge in [0.05, 0.1) is 15.5 Å². The first-order valence-electron chi connectivity index (χ1n) is 6.25. The second-order valence-corrected chi connectivity index (χ2v) is 4.74. The molecular weight excluding hydrogens is 279 g/mol. The van der Waals surface area contributed by atoms with Crippen molar-refractivity contribution in [1.29, 1.82) is 0 Å². The molecule has 4 atom stereocenters. The second-order valence-electron chi connectivity index (χ2n) is 4.35. The first-order chi connectivity index (χ1) is 9.46. The summed E-state index contributed by atoms with van der Waals surface area (Å²) in [6, 6.07) is 0. The lowest BCUT2D eigenvalue weighted by Gasteiger charge is -2.27. The van der Waals surface area contributed by atoms with Gasteiger partial charge in [0.1, 0.15) is 17.8 Å². The Labute approximate surface area is 114 Å². The normalized spacial score (nSPS) is 37.0. The van der Waals surface area contributed by atoms with Crippen molar-refractivity contribution in [3.8, 4) is 0 Å². The van der Waals surface area contributed by atoms with E-state index in [2.05, 4.69) is 0 Å². The average molecular weight is 294 g/mol. The maximum absolute atomic E-state index is 13.4. The van der Waals surface area contributed by atoms with Crippen LogP contribution in [-0.2, 0) is 4.74 Å². The van der Waals surface area contributed by atoms with E-state index < -0.39 is 42.0 Å². The predicted molar refractivity (Wildman–Crippen MR) is 63.5 cm³/mol. The topological polar surface area (TPSA) is 108 Å². The van der Waals surface area contributed by atoms with Crippen LogP contribution in [0.25, 0.3) is 0 Å². The molecule has 0 aliphatic carbocycles. The highest BCUT2D eigenvalue weighted by molar-refractivity contribution is 7.71. The summed E-state index contributed by atoms with van der Waals surface area (Å²) in [5, 5.41) is 29.5. The zero-order chi connectivity index (χ0) is 16.2. The number of hydrogen-bond donors (Lipinski definition) is 4. The van der Waals surface area contributed by atoms with Gasteiger partial charge in [-0.15, -0.1) is 0 Å². The van der Waals surface area contributed by atoms with Crippen LogP contribution in [-0.4, -0.2) is 49.2 Å². The number of nitrogens with one attached hydrogen (secondary N) is 1. The minimum atomic E-state index is -2.94. The molecule has 0 radical (unpaired) electrons. The fraction of sp³-hybridized carbons (Fsp3) is 0.600. The maximum atomic E-state index is 13.4. The van der Waals surface area contributed by atoms with Gasteiger partial charge in [-0.1, -0.05) is 0 Å². The van der Waals surface area contributed by atoms with Gasteiger partial charge in [-0.3, -0.25) is 14.3 Å². The molecule has 7 nitrogen and oxygen atoms in total. The Kier molecular flexibility index (Phi) is 2.93. The third-order valence-electron chi connectivity index (χ3n) is 2.97. The lowest BCUT2D eigenvalue weighted by molar-refractivity contribution is -0.0982. The first kappa shape index (κ1) is 11.7. The van der Waals surface area contributed by atoms with Gasteiger partial charge in [0.2, 0.25) is 5.82 Å². The molecule has 1 fully saturated rings. The van der Waals surface area contributed by atoms with Crippen molar-refractivity contribution in [2.45, 2.75) is 31.0 Å². The van der Waals surface area contributed by atoms with E-state index in [0.29, 0.717) is 6.20 Å². The van der Waals surface area contributed by atoms with Gasteiger partial charge in [0.15, 0.2) is 11.0 Å². The number of aliphatic hydroxyl groups is 3. The monoisotopic (exact) mass is 294 g/mol. The summed E-state index contributed by atoms with van der Waals surface area (Å²) in [5.41, 5.74) is -3.15. The summed E-state index contributed by atoms with van der Waals surface area (Å²) in [4.78, 5) is 13.1. The molecular formula is C10H13FN2O5S. The molecule has 0 amide bonds. The van der Waals surface area contributed by atoms with E-state index in [1.807, 2.05) is 4.98 Å². The number of ether oxygens (including phenoxy) is 1. The van der Waals surface area contributed by atoms with Crippen LogP contribution in [0.1, 0.15) is 15.9 Å². The van der Waals surface area contributed by atoms with E-state index in [0.717, 1.165) is 11.5 Å². The second kappa shape index (κ2) is 4.76. The fourth-order valence-corrected chi connectivity index (χ4v) is 2.13. The number of halogens is 1. The van der Waals surface area contributed by atoms with Crippen molar-refractivity contribution >= 4 is 12.2 Å². The molecule has 1 aromatic heterocycles. The van der Waals surface area contributed by atoms with Crippen molar-refractivity contribution in [2.75, 3.05) is 6.56 Å². The minimum Gasteiger partial charge on any atom is -0.394 e. The smallest absolute Gasteiger partial charge is 0.287 e. The van der Waals surface area contributed by atoms with Crippen LogP contribution in [0.5, 0.6) is 0 Å². The average Bonchev–Trinajstić information content (AvgIpc) is 2.56. The lowest BCUT2D eigenvalue weighted by Crippen LogP contribution is -2.44. The van der Waals surface area contributed by atoms with E-state index in [1.54, 1.807) is 0 Å². The molecule has 0 saturated carbocycles. The highest BCUT2D eigenvalue weighted by Gasteiger charge is 2.52. The fourth-order valence-electron chi connectivity index (χ4n) is 1.89. The van der Waals surface area contributed by atoms with E-state index in [4.69, 9.17) is 19.7 Å². The summed E-state index contributed by atoms with van der Waals surface area (Å²) in [5.74, 6) is -1.20. The van der Waals surface area contributed by atoms with E-state index in [1.165, 1.54) is 0 Å². The summed E-state index contributed by atoms with van der Waals surface area (Å²) in [6.45, 7) is -1.83. The predicted octanol–water partition coefficient (Wildman–Crippen LogP) is -0.953. The van der Waals surface area contributed by atoms with Crippen molar-refractivity contribution in [3.05, 3.63) is 27.1 Å². The number of nitrogens with zero attached hydrogens (tertiary/aromatic N) is 1. The maximum Gasteiger partial charge on any atom is 0.287 e. The van der Waals surface area contributed by atoms with Crippen LogP contribution in [0.2, 0.25) is 0 Å². The molecule has 2 heterocycles. The molecule has 106 valence electrons. The Hall–Kier alpha value is -1.13. The Morgan fingerprint density at radius 1 is 1.79 bits per heavy atom. The van der Waals surface area contributed by atoms with Gasteiger partial charge in [-0.25, -0.2) is 0 Å². The summed E-state index contributed by atoms with van der Waals surface area (Å²) >= 11 is 4.82. The molecule has 2 rings (SSSR count). The van der Waals surface area contributed by atoms with Gasteiger partial charge in [0.25, 0.3) is 5.56 Å². The number of aromatic nitrogens is 2. The van der Waals surface area contributed by atoms with Crippen molar-refractivity contribution in [2.24, 2.45) is 0 Å². The van der Waals surface area contributed by atoms with E-state index >= 15 is 0 Å². The van der Waals surface area contributed by atoms with Crippen LogP contribution in [0.3, 0.4) is 0 Å². The largest absolute Gasteiger partial charge is 0.394 e. The van der Waals surface area contributed by atoms with E-state index in [-0.39, 0.29) is 4.77 Å². The van der Waals surface area contributed by atoms with Crippen LogP contribution in [0, 0.1) is 10.6 Å². The molecule has 4 N–H and O–H groups in total. The van der Waals surface area contributed by atoms with Crippen LogP contribution >= 0.6 is 12.2 Å². The van der Waals surface area contributed by atoms with Crippen molar-refractivity contribution < 1.29 is 27.2 Å². The highest BCUT2D eigenvalue weighted by Crippen LogP contribution is 2.37. The summed E-state index contributed by atoms with van der Waals surface area (Å²) < 4.78 is 33.4. The minimum absolute atomic E-state index is 0.293.